The zero-order valence-electron chi connectivity index (χ0n) is 12.6. The van der Waals surface area contributed by atoms with Crippen LogP contribution >= 0.6 is 0 Å². The summed E-state index contributed by atoms with van der Waals surface area (Å²) in [5.74, 6) is -1.27. The third kappa shape index (κ3) is 3.33. The molecule has 1 N–H and O–H groups in total. The van der Waals surface area contributed by atoms with E-state index in [1.807, 2.05) is 17.7 Å². The van der Waals surface area contributed by atoms with Crippen molar-refractivity contribution in [2.75, 3.05) is 0 Å². The molecular weight excluding hydrogens is 330 g/mol. The summed E-state index contributed by atoms with van der Waals surface area (Å²) < 4.78 is 31.5. The number of carbonyl (C=O) groups excluding carboxylic acids is 1. The van der Waals surface area contributed by atoms with Crippen LogP contribution in [-0.4, -0.2) is 24.5 Å². The van der Waals surface area contributed by atoms with Gasteiger partial charge in [0, 0.05) is 5.56 Å². The number of nitrogens with one attached hydrogen (secondary N) is 1. The summed E-state index contributed by atoms with van der Waals surface area (Å²) in [6.45, 7) is 1.83. The Morgan fingerprint density at radius 3 is 2.33 bits per heavy atom. The number of carbonyl (C=O) groups is 1. The Morgan fingerprint density at radius 1 is 1.00 bits per heavy atom. The maximum absolute atomic E-state index is 12.2. The Kier molecular flexibility index (Phi) is 4.13. The zero-order valence-corrected chi connectivity index (χ0v) is 13.4. The minimum Gasteiger partial charge on any atom is -0.412 e. The van der Waals surface area contributed by atoms with Gasteiger partial charge in [0.2, 0.25) is 5.89 Å². The summed E-state index contributed by atoms with van der Waals surface area (Å²) >= 11 is 0. The van der Waals surface area contributed by atoms with Crippen LogP contribution in [-0.2, 0) is 10.0 Å². The lowest BCUT2D eigenvalue weighted by molar-refractivity contribution is 0.0948. The first-order valence-corrected chi connectivity index (χ1v) is 8.47. The molecule has 24 heavy (non-hydrogen) atoms. The summed E-state index contributed by atoms with van der Waals surface area (Å²) in [7, 11) is -4.01. The van der Waals surface area contributed by atoms with Crippen LogP contribution in [0.3, 0.4) is 0 Å². The predicted molar refractivity (Wildman–Crippen MR) is 85.6 cm³/mol. The molecule has 0 radical (unpaired) electrons. The number of hydrogen-bond donors (Lipinski definition) is 1. The van der Waals surface area contributed by atoms with E-state index in [4.69, 9.17) is 4.42 Å². The van der Waals surface area contributed by atoms with E-state index < -0.39 is 21.8 Å². The summed E-state index contributed by atoms with van der Waals surface area (Å²) in [5, 5.41) is 7.34. The number of sulfonamides is 1. The van der Waals surface area contributed by atoms with E-state index in [-0.39, 0.29) is 10.8 Å². The van der Waals surface area contributed by atoms with Crippen molar-refractivity contribution in [3.05, 3.63) is 66.1 Å². The van der Waals surface area contributed by atoms with E-state index >= 15 is 0 Å². The van der Waals surface area contributed by atoms with Crippen molar-refractivity contribution in [2.24, 2.45) is 0 Å². The number of rotatable bonds is 4. The monoisotopic (exact) mass is 343 g/mol. The number of nitrogens with zero attached hydrogens (tertiary/aromatic N) is 2. The van der Waals surface area contributed by atoms with E-state index in [0.717, 1.165) is 5.56 Å². The normalized spacial score (nSPS) is 11.2. The summed E-state index contributed by atoms with van der Waals surface area (Å²) in [6, 6.07) is 14.9. The number of amides is 1. The first kappa shape index (κ1) is 15.9. The fourth-order valence-corrected chi connectivity index (χ4v) is 2.90. The minimum absolute atomic E-state index is 0.0238. The molecule has 0 aliphatic heterocycles. The number of benzene rings is 2. The third-order valence-electron chi connectivity index (χ3n) is 3.20. The molecule has 0 saturated heterocycles. The Morgan fingerprint density at radius 2 is 1.67 bits per heavy atom. The highest BCUT2D eigenvalue weighted by atomic mass is 32.2. The fraction of sp³-hybridized carbons (Fsp3) is 0.0625. The van der Waals surface area contributed by atoms with Gasteiger partial charge in [-0.15, -0.1) is 10.2 Å². The smallest absolute Gasteiger partial charge is 0.322 e. The molecule has 0 bridgehead atoms. The third-order valence-corrected chi connectivity index (χ3v) is 4.55. The van der Waals surface area contributed by atoms with Crippen LogP contribution in [0.1, 0.15) is 16.2 Å². The minimum atomic E-state index is -4.01. The van der Waals surface area contributed by atoms with Crippen molar-refractivity contribution in [3.8, 4) is 11.5 Å². The van der Waals surface area contributed by atoms with E-state index in [9.17, 15) is 13.2 Å². The largest absolute Gasteiger partial charge is 0.412 e. The topological polar surface area (TPSA) is 102 Å². The maximum atomic E-state index is 12.2. The molecule has 122 valence electrons. The van der Waals surface area contributed by atoms with E-state index in [1.54, 1.807) is 36.4 Å². The van der Waals surface area contributed by atoms with Crippen LogP contribution in [0.25, 0.3) is 11.5 Å². The Hall–Kier alpha value is -3.00. The van der Waals surface area contributed by atoms with Crippen molar-refractivity contribution < 1.29 is 17.6 Å². The van der Waals surface area contributed by atoms with Gasteiger partial charge < -0.3 is 4.42 Å². The number of aromatic nitrogens is 2. The average molecular weight is 343 g/mol. The van der Waals surface area contributed by atoms with E-state index in [1.165, 1.54) is 12.1 Å². The predicted octanol–water partition coefficient (Wildman–Crippen LogP) is 2.16. The van der Waals surface area contributed by atoms with Gasteiger partial charge in [0.25, 0.3) is 10.0 Å². The first-order chi connectivity index (χ1) is 11.5. The highest BCUT2D eigenvalue weighted by molar-refractivity contribution is 7.90. The lowest BCUT2D eigenvalue weighted by Gasteiger charge is -2.04. The summed E-state index contributed by atoms with van der Waals surface area (Å²) in [5.41, 5.74) is 1.54. The van der Waals surface area contributed by atoms with E-state index in [2.05, 4.69) is 10.2 Å². The van der Waals surface area contributed by atoms with Gasteiger partial charge in [0.05, 0.1) is 4.90 Å². The maximum Gasteiger partial charge on any atom is 0.322 e. The molecule has 3 rings (SSSR count). The molecule has 8 heteroatoms. The average Bonchev–Trinajstić information content (AvgIpc) is 3.06. The van der Waals surface area contributed by atoms with Gasteiger partial charge in [-0.1, -0.05) is 35.9 Å². The lowest BCUT2D eigenvalue weighted by atomic mass is 10.2. The van der Waals surface area contributed by atoms with Gasteiger partial charge >= 0.3 is 11.8 Å². The van der Waals surface area contributed by atoms with Crippen molar-refractivity contribution in [1.29, 1.82) is 0 Å². The van der Waals surface area contributed by atoms with Gasteiger partial charge in [-0.2, -0.15) is 0 Å². The molecule has 0 unspecified atom stereocenters. The quantitative estimate of drug-likeness (QED) is 0.779. The highest BCUT2D eigenvalue weighted by Crippen LogP contribution is 2.17. The first-order valence-electron chi connectivity index (χ1n) is 6.98. The second-order valence-electron chi connectivity index (χ2n) is 5.03. The van der Waals surface area contributed by atoms with Crippen LogP contribution < -0.4 is 4.72 Å². The number of aryl methyl sites for hydroxylation is 1. The van der Waals surface area contributed by atoms with Crippen molar-refractivity contribution in [2.45, 2.75) is 11.8 Å². The zero-order chi connectivity index (χ0) is 17.2. The Labute approximate surface area is 138 Å². The number of hydrogen-bond acceptors (Lipinski definition) is 6. The summed E-state index contributed by atoms with van der Waals surface area (Å²) in [6.07, 6.45) is 0. The van der Waals surface area contributed by atoms with Crippen LogP contribution in [0.2, 0.25) is 0 Å². The van der Waals surface area contributed by atoms with Gasteiger partial charge in [-0.3, -0.25) is 4.79 Å². The van der Waals surface area contributed by atoms with Crippen LogP contribution in [0.4, 0.5) is 0 Å². The van der Waals surface area contributed by atoms with Gasteiger partial charge in [-0.25, -0.2) is 13.1 Å². The molecule has 2 aromatic carbocycles. The molecule has 3 aromatic rings. The van der Waals surface area contributed by atoms with Crippen molar-refractivity contribution >= 4 is 15.9 Å². The van der Waals surface area contributed by atoms with Crippen molar-refractivity contribution in [3.63, 3.8) is 0 Å². The summed E-state index contributed by atoms with van der Waals surface area (Å²) in [4.78, 5) is 12.0. The molecular formula is C16H13N3O4S. The van der Waals surface area contributed by atoms with Crippen LogP contribution in [0.5, 0.6) is 0 Å². The van der Waals surface area contributed by atoms with Crippen LogP contribution in [0.15, 0.2) is 63.9 Å². The molecule has 0 aliphatic carbocycles. The van der Waals surface area contributed by atoms with Gasteiger partial charge in [0.1, 0.15) is 0 Å². The van der Waals surface area contributed by atoms with Crippen molar-refractivity contribution in [1.82, 2.24) is 14.9 Å². The molecule has 1 amide bonds. The second-order valence-corrected chi connectivity index (χ2v) is 6.71. The lowest BCUT2D eigenvalue weighted by Crippen LogP contribution is -2.30. The molecule has 1 aromatic heterocycles. The SMILES string of the molecule is Cc1ccc(S(=O)(=O)NC(=O)c2nnc(-c3ccccc3)o2)cc1. The fourth-order valence-electron chi connectivity index (χ4n) is 1.95. The molecule has 0 saturated carbocycles. The van der Waals surface area contributed by atoms with Crippen LogP contribution in [0, 0.1) is 6.92 Å². The van der Waals surface area contributed by atoms with E-state index in [0.29, 0.717) is 5.56 Å². The standard InChI is InChI=1S/C16H13N3O4S/c1-11-7-9-13(10-8-11)24(21,22)19-14(20)16-18-17-15(23-16)12-5-3-2-4-6-12/h2-10H,1H3,(H,19,20). The van der Waals surface area contributed by atoms with Gasteiger partial charge in [-0.05, 0) is 31.2 Å². The second kappa shape index (κ2) is 6.25. The Balaban J connectivity index is 1.80. The molecule has 0 fully saturated rings. The molecule has 0 spiro atoms. The Bertz CT molecular complexity index is 964. The molecule has 0 aliphatic rings. The molecule has 7 nitrogen and oxygen atoms in total. The highest BCUT2D eigenvalue weighted by Gasteiger charge is 2.23. The molecule has 0 atom stereocenters. The molecule has 1 heterocycles. The van der Waals surface area contributed by atoms with Gasteiger partial charge in [0.15, 0.2) is 0 Å².